The summed E-state index contributed by atoms with van der Waals surface area (Å²) in [4.78, 5) is 4.57. The molecule has 32 heavy (non-hydrogen) atoms. The largest absolute Gasteiger partial charge is 0.493 e. The second-order valence-corrected chi connectivity index (χ2v) is 7.38. The van der Waals surface area contributed by atoms with E-state index in [1.807, 2.05) is 42.8 Å². The molecule has 3 N–H and O–H groups in total. The van der Waals surface area contributed by atoms with Crippen LogP contribution in [0, 0.1) is 25.2 Å². The van der Waals surface area contributed by atoms with E-state index in [9.17, 15) is 5.26 Å². The molecule has 4 aromatic rings. The van der Waals surface area contributed by atoms with Gasteiger partial charge in [-0.3, -0.25) is 0 Å². The maximum Gasteiger partial charge on any atom is 0.359 e. The topological polar surface area (TPSA) is 110 Å². The SMILES string of the molecule is COc1cc(-c2c(C#N)c(N)nc3c2c(C)[nH][n+]3-c2ccc(C)cc2)cc(OC)c1OC. The average molecular weight is 430 g/mol. The third-order valence-corrected chi connectivity index (χ3v) is 5.43. The van der Waals surface area contributed by atoms with Crippen LogP contribution in [0.5, 0.6) is 17.2 Å². The van der Waals surface area contributed by atoms with E-state index in [1.54, 1.807) is 33.5 Å². The van der Waals surface area contributed by atoms with E-state index >= 15 is 0 Å². The van der Waals surface area contributed by atoms with Crippen LogP contribution in [0.3, 0.4) is 0 Å². The van der Waals surface area contributed by atoms with Crippen LogP contribution in [-0.4, -0.2) is 31.4 Å². The average Bonchev–Trinajstić information content (AvgIpc) is 3.13. The maximum atomic E-state index is 9.94. The number of nitrogen functional groups attached to an aromatic ring is 1. The fourth-order valence-electron chi connectivity index (χ4n) is 3.89. The minimum Gasteiger partial charge on any atom is -0.493 e. The van der Waals surface area contributed by atoms with E-state index in [-0.39, 0.29) is 11.4 Å². The Balaban J connectivity index is 2.10. The highest BCUT2D eigenvalue weighted by Gasteiger charge is 2.29. The number of hydrogen-bond donors (Lipinski definition) is 2. The van der Waals surface area contributed by atoms with Crippen LogP contribution in [0.2, 0.25) is 0 Å². The molecule has 0 aliphatic heterocycles. The highest BCUT2D eigenvalue weighted by molar-refractivity contribution is 5.99. The number of nitriles is 1. The zero-order chi connectivity index (χ0) is 23.0. The number of nitrogens with two attached hydrogens (primary N) is 1. The molecule has 2 aromatic heterocycles. The monoisotopic (exact) mass is 430 g/mol. The van der Waals surface area contributed by atoms with Gasteiger partial charge in [-0.2, -0.15) is 5.26 Å². The number of methoxy groups -OCH3 is 3. The van der Waals surface area contributed by atoms with Crippen LogP contribution in [0.1, 0.15) is 16.8 Å². The number of benzene rings is 2. The Kier molecular flexibility index (Phi) is 5.33. The number of nitrogens with one attached hydrogen (secondary N) is 1. The van der Waals surface area contributed by atoms with Crippen LogP contribution in [-0.2, 0) is 0 Å². The molecular weight excluding hydrogens is 406 g/mol. The van der Waals surface area contributed by atoms with Gasteiger partial charge in [-0.15, -0.1) is 4.68 Å². The lowest BCUT2D eigenvalue weighted by Gasteiger charge is -2.15. The summed E-state index contributed by atoms with van der Waals surface area (Å²) in [5, 5.41) is 14.1. The van der Waals surface area contributed by atoms with E-state index in [0.717, 1.165) is 22.3 Å². The predicted molar refractivity (Wildman–Crippen MR) is 121 cm³/mol. The molecule has 4 rings (SSSR count). The molecule has 8 heteroatoms. The van der Waals surface area contributed by atoms with Gasteiger partial charge in [0.05, 0.1) is 27.0 Å². The van der Waals surface area contributed by atoms with Crippen molar-refractivity contribution >= 4 is 16.9 Å². The Bertz CT molecular complexity index is 1340. The van der Waals surface area contributed by atoms with Crippen molar-refractivity contribution in [2.75, 3.05) is 27.1 Å². The number of anilines is 1. The van der Waals surface area contributed by atoms with E-state index < -0.39 is 0 Å². The summed E-state index contributed by atoms with van der Waals surface area (Å²) < 4.78 is 18.4. The third kappa shape index (κ3) is 3.24. The number of ether oxygens (including phenoxy) is 3. The van der Waals surface area contributed by atoms with Crippen LogP contribution in [0.4, 0.5) is 5.82 Å². The van der Waals surface area contributed by atoms with Gasteiger partial charge < -0.3 is 19.9 Å². The van der Waals surface area contributed by atoms with Crippen molar-refractivity contribution in [3.05, 3.63) is 53.2 Å². The highest BCUT2D eigenvalue weighted by atomic mass is 16.5. The third-order valence-electron chi connectivity index (χ3n) is 5.43. The Labute approximate surface area is 185 Å². The van der Waals surface area contributed by atoms with Gasteiger partial charge >= 0.3 is 5.65 Å². The summed E-state index contributed by atoms with van der Waals surface area (Å²) >= 11 is 0. The molecule has 0 saturated carbocycles. The predicted octanol–water partition coefficient (Wildman–Crippen LogP) is 3.60. The Morgan fingerprint density at radius 1 is 1.00 bits per heavy atom. The summed E-state index contributed by atoms with van der Waals surface area (Å²) in [5.41, 5.74) is 11.4. The maximum absolute atomic E-state index is 9.94. The molecule has 162 valence electrons. The van der Waals surface area contributed by atoms with Gasteiger partial charge in [-0.1, -0.05) is 17.7 Å². The van der Waals surface area contributed by atoms with E-state index in [4.69, 9.17) is 19.9 Å². The lowest BCUT2D eigenvalue weighted by molar-refractivity contribution is -0.632. The summed E-state index contributed by atoms with van der Waals surface area (Å²) in [6, 6.07) is 13.9. The molecule has 2 heterocycles. The first-order valence-electron chi connectivity index (χ1n) is 9.94. The first-order chi connectivity index (χ1) is 15.4. The van der Waals surface area contributed by atoms with E-state index in [1.165, 1.54) is 0 Å². The van der Waals surface area contributed by atoms with Crippen LogP contribution < -0.4 is 24.6 Å². The number of pyridine rings is 1. The number of fused-ring (bicyclic) bond motifs is 1. The van der Waals surface area contributed by atoms with Gasteiger partial charge in [0.2, 0.25) is 5.75 Å². The van der Waals surface area contributed by atoms with Gasteiger partial charge in [0.25, 0.3) is 5.82 Å². The standard InChI is InChI=1S/C24H23N5O3/c1-13-6-8-16(9-7-13)29-24-20(14(2)28-29)21(17(12-25)23(26)27-24)15-10-18(30-3)22(32-5)19(11-15)31-4/h6-11H,1-5H3,(H2,26,27,28)/p+1. The molecule has 0 fully saturated rings. The lowest BCUT2D eigenvalue weighted by Crippen LogP contribution is -2.33. The minimum atomic E-state index is 0.142. The molecule has 2 aromatic carbocycles. The number of rotatable bonds is 5. The lowest BCUT2D eigenvalue weighted by atomic mass is 9.96. The van der Waals surface area contributed by atoms with Crippen LogP contribution in [0.15, 0.2) is 36.4 Å². The number of hydrogen-bond acceptors (Lipinski definition) is 6. The minimum absolute atomic E-state index is 0.142. The number of H-pyrrole nitrogens is 1. The van der Waals surface area contributed by atoms with Crippen LogP contribution >= 0.6 is 0 Å². The molecule has 0 saturated heterocycles. The van der Waals surface area contributed by atoms with Gasteiger partial charge in [0, 0.05) is 5.56 Å². The molecule has 0 aliphatic carbocycles. The van der Waals surface area contributed by atoms with Gasteiger partial charge in [0.15, 0.2) is 17.2 Å². The molecule has 0 aliphatic rings. The van der Waals surface area contributed by atoms with Crippen molar-refractivity contribution in [2.24, 2.45) is 0 Å². The van der Waals surface area contributed by atoms with Crippen molar-refractivity contribution in [2.45, 2.75) is 13.8 Å². The quantitative estimate of drug-likeness (QED) is 0.468. The number of aromatic nitrogens is 3. The van der Waals surface area contributed by atoms with Crippen LogP contribution in [0.25, 0.3) is 27.8 Å². The Morgan fingerprint density at radius 2 is 1.62 bits per heavy atom. The summed E-state index contributed by atoms with van der Waals surface area (Å²) in [5.74, 6) is 1.57. The van der Waals surface area contributed by atoms with Crippen molar-refractivity contribution in [1.82, 2.24) is 10.1 Å². The van der Waals surface area contributed by atoms with Crippen molar-refractivity contribution in [3.8, 4) is 40.1 Å². The normalized spacial score (nSPS) is 10.8. The Morgan fingerprint density at radius 3 is 2.16 bits per heavy atom. The fraction of sp³-hybridized carbons (Fsp3) is 0.208. The Hall–Kier alpha value is -4.25. The number of aryl methyl sites for hydroxylation is 2. The molecule has 8 nitrogen and oxygen atoms in total. The molecule has 0 unspecified atom stereocenters. The van der Waals surface area contributed by atoms with Crippen molar-refractivity contribution < 1.29 is 18.9 Å². The summed E-state index contributed by atoms with van der Waals surface area (Å²) in [6.07, 6.45) is 0. The van der Waals surface area contributed by atoms with Crippen molar-refractivity contribution in [3.63, 3.8) is 0 Å². The van der Waals surface area contributed by atoms with Crippen molar-refractivity contribution in [1.29, 1.82) is 5.26 Å². The number of aromatic amines is 1. The van der Waals surface area contributed by atoms with Gasteiger partial charge in [-0.05, 0) is 48.7 Å². The van der Waals surface area contributed by atoms with E-state index in [2.05, 4.69) is 16.2 Å². The van der Waals surface area contributed by atoms with E-state index in [0.29, 0.717) is 34.0 Å². The first-order valence-corrected chi connectivity index (χ1v) is 9.94. The molecule has 0 atom stereocenters. The molecule has 0 radical (unpaired) electrons. The molecule has 0 bridgehead atoms. The summed E-state index contributed by atoms with van der Waals surface area (Å²) in [6.45, 7) is 3.97. The second kappa shape index (κ2) is 8.12. The smallest absolute Gasteiger partial charge is 0.359 e. The fourth-order valence-corrected chi connectivity index (χ4v) is 3.89. The zero-order valence-electron chi connectivity index (χ0n) is 18.6. The second-order valence-electron chi connectivity index (χ2n) is 7.38. The summed E-state index contributed by atoms with van der Waals surface area (Å²) in [7, 11) is 4.65. The molecule has 0 amide bonds. The van der Waals surface area contributed by atoms with Gasteiger partial charge in [0.1, 0.15) is 17.0 Å². The molecule has 0 spiro atoms. The van der Waals surface area contributed by atoms with Gasteiger partial charge in [-0.25, -0.2) is 5.10 Å². The zero-order valence-corrected chi connectivity index (χ0v) is 18.6. The first kappa shape index (κ1) is 21.0. The number of nitrogens with zero attached hydrogens (tertiary/aromatic N) is 3. The highest BCUT2D eigenvalue weighted by Crippen LogP contribution is 2.44. The molecular formula is C24H24N5O3+.